The number of Topliss-reactive ketones (excluding diaryl/α,β-unsaturated/α-hetero) is 1. The largest absolute Gasteiger partial charge is 0.368 e. The van der Waals surface area contributed by atoms with Crippen LogP contribution in [-0.2, 0) is 20.1 Å². The molecule has 4 rings (SSSR count). The molecule has 2 aliphatic heterocycles. The van der Waals surface area contributed by atoms with E-state index in [9.17, 15) is 14.4 Å². The number of amides is 2. The van der Waals surface area contributed by atoms with E-state index in [4.69, 9.17) is 4.74 Å². The number of hydrogen-bond acceptors (Lipinski definition) is 5. The van der Waals surface area contributed by atoms with Gasteiger partial charge in [-0.25, -0.2) is 0 Å². The first-order chi connectivity index (χ1) is 15.1. The average Bonchev–Trinajstić information content (AvgIpc) is 3.20. The van der Waals surface area contributed by atoms with Gasteiger partial charge in [0, 0.05) is 23.6 Å². The lowest BCUT2D eigenvalue weighted by Gasteiger charge is -2.37. The first-order valence-corrected chi connectivity index (χ1v) is 11.7. The zero-order valence-electron chi connectivity index (χ0n) is 17.2. The van der Waals surface area contributed by atoms with Crippen molar-refractivity contribution in [2.75, 3.05) is 18.9 Å². The number of piperidine rings is 1. The molecule has 2 aromatic rings. The van der Waals surface area contributed by atoms with Gasteiger partial charge in [-0.3, -0.25) is 14.4 Å². The molecule has 2 aliphatic rings. The molecular formula is C24H26N2O4S. The molecule has 0 aromatic heterocycles. The van der Waals surface area contributed by atoms with Crippen LogP contribution in [0.25, 0.3) is 0 Å². The molecule has 2 aromatic carbocycles. The number of fused-ring (bicyclic) bond motifs is 1. The van der Waals surface area contributed by atoms with Crippen LogP contribution in [0.4, 0.5) is 0 Å². The van der Waals surface area contributed by atoms with E-state index in [-0.39, 0.29) is 30.3 Å². The lowest BCUT2D eigenvalue weighted by molar-refractivity contribution is -0.141. The topological polar surface area (TPSA) is 75.7 Å². The van der Waals surface area contributed by atoms with E-state index in [2.05, 4.69) is 5.32 Å². The van der Waals surface area contributed by atoms with Gasteiger partial charge in [0.15, 0.2) is 5.78 Å². The third-order valence-corrected chi connectivity index (χ3v) is 6.77. The van der Waals surface area contributed by atoms with Crippen LogP contribution in [0.2, 0.25) is 0 Å². The van der Waals surface area contributed by atoms with E-state index in [1.165, 1.54) is 0 Å². The molecule has 0 aliphatic carbocycles. The molecule has 0 spiro atoms. The predicted octanol–water partition coefficient (Wildman–Crippen LogP) is 2.68. The Morgan fingerprint density at radius 3 is 2.55 bits per heavy atom. The molecule has 1 N–H and O–H groups in total. The number of hydrogen-bond donors (Lipinski definition) is 1. The summed E-state index contributed by atoms with van der Waals surface area (Å²) in [4.78, 5) is 40.3. The Kier molecular flexibility index (Phi) is 7.04. The van der Waals surface area contributed by atoms with Crippen molar-refractivity contribution in [2.45, 2.75) is 36.8 Å². The van der Waals surface area contributed by atoms with E-state index < -0.39 is 12.1 Å². The second-order valence-corrected chi connectivity index (χ2v) is 8.86. The van der Waals surface area contributed by atoms with Gasteiger partial charge in [-0.15, -0.1) is 0 Å². The molecule has 0 saturated carbocycles. The van der Waals surface area contributed by atoms with Crippen LogP contribution in [0.5, 0.6) is 0 Å². The maximum atomic E-state index is 13.5. The molecule has 0 bridgehead atoms. The molecule has 31 heavy (non-hydrogen) atoms. The second kappa shape index (κ2) is 10.1. The van der Waals surface area contributed by atoms with Crippen LogP contribution in [0.1, 0.15) is 28.8 Å². The highest BCUT2D eigenvalue weighted by Gasteiger charge is 2.45. The number of nitrogens with zero attached hydrogens (tertiary/aromatic N) is 1. The first-order valence-electron chi connectivity index (χ1n) is 10.6. The highest BCUT2D eigenvalue weighted by molar-refractivity contribution is 7.98. The van der Waals surface area contributed by atoms with Crippen LogP contribution in [-0.4, -0.2) is 59.6 Å². The Bertz CT molecular complexity index is 922. The number of benzene rings is 2. The highest BCUT2D eigenvalue weighted by Crippen LogP contribution is 2.27. The molecular weight excluding hydrogens is 412 g/mol. The Labute approximate surface area is 186 Å². The summed E-state index contributed by atoms with van der Waals surface area (Å²) >= 11 is 1.59. The molecule has 7 heteroatoms. The number of nitrogens with one attached hydrogen (secondary N) is 1. The molecule has 2 amide bonds. The Balaban J connectivity index is 1.48. The summed E-state index contributed by atoms with van der Waals surface area (Å²) in [6.45, 7) is 0.569. The van der Waals surface area contributed by atoms with Crippen molar-refractivity contribution in [3.05, 3.63) is 71.8 Å². The number of carbonyl (C=O) groups excluding carboxylic acids is 3. The Hall–Kier alpha value is -2.64. The normalized spacial score (nSPS) is 21.4. The van der Waals surface area contributed by atoms with Gasteiger partial charge in [0.25, 0.3) is 5.91 Å². The summed E-state index contributed by atoms with van der Waals surface area (Å²) in [6.07, 6.45) is 1.34. The zero-order valence-corrected chi connectivity index (χ0v) is 18.1. The molecule has 0 radical (unpaired) electrons. The SMILES string of the molecule is O=C(N[C@@H](CSCc1ccccc1)C(=O)N1CCCC2OCC(=O)C21)c1ccccc1. The van der Waals surface area contributed by atoms with Gasteiger partial charge in [0.1, 0.15) is 18.7 Å². The van der Waals surface area contributed by atoms with Gasteiger partial charge in [0.2, 0.25) is 5.91 Å². The molecule has 3 atom stereocenters. The molecule has 6 nitrogen and oxygen atoms in total. The van der Waals surface area contributed by atoms with Crippen LogP contribution >= 0.6 is 11.8 Å². The molecule has 162 valence electrons. The lowest BCUT2D eigenvalue weighted by atomic mass is 9.97. The summed E-state index contributed by atoms with van der Waals surface area (Å²) in [5, 5.41) is 2.91. The van der Waals surface area contributed by atoms with Gasteiger partial charge >= 0.3 is 0 Å². The van der Waals surface area contributed by atoms with Crippen molar-refractivity contribution in [1.82, 2.24) is 10.2 Å². The smallest absolute Gasteiger partial charge is 0.251 e. The van der Waals surface area contributed by atoms with E-state index in [1.807, 2.05) is 36.4 Å². The van der Waals surface area contributed by atoms with Gasteiger partial charge in [0.05, 0.1) is 6.10 Å². The fraction of sp³-hybridized carbons (Fsp3) is 0.375. The van der Waals surface area contributed by atoms with E-state index >= 15 is 0 Å². The van der Waals surface area contributed by atoms with Crippen molar-refractivity contribution < 1.29 is 19.1 Å². The average molecular weight is 439 g/mol. The van der Waals surface area contributed by atoms with Crippen LogP contribution in [0.3, 0.4) is 0 Å². The Morgan fingerprint density at radius 2 is 1.81 bits per heavy atom. The maximum absolute atomic E-state index is 13.5. The molecule has 2 unspecified atom stereocenters. The van der Waals surface area contributed by atoms with E-state index in [0.29, 0.717) is 17.9 Å². The number of carbonyl (C=O) groups is 3. The lowest BCUT2D eigenvalue weighted by Crippen LogP contribution is -2.58. The summed E-state index contributed by atoms with van der Waals surface area (Å²) in [5.41, 5.74) is 1.66. The minimum absolute atomic E-state index is 0.0527. The van der Waals surface area contributed by atoms with Gasteiger partial charge in [-0.1, -0.05) is 48.5 Å². The summed E-state index contributed by atoms with van der Waals surface area (Å²) < 4.78 is 5.58. The van der Waals surface area contributed by atoms with Crippen molar-refractivity contribution in [1.29, 1.82) is 0 Å². The van der Waals surface area contributed by atoms with Crippen LogP contribution in [0.15, 0.2) is 60.7 Å². The number of ketones is 1. The predicted molar refractivity (Wildman–Crippen MR) is 120 cm³/mol. The van der Waals surface area contributed by atoms with Gasteiger partial charge < -0.3 is 15.0 Å². The Morgan fingerprint density at radius 1 is 1.10 bits per heavy atom. The monoisotopic (exact) mass is 438 g/mol. The molecule has 2 fully saturated rings. The van der Waals surface area contributed by atoms with Crippen molar-refractivity contribution >= 4 is 29.4 Å². The van der Waals surface area contributed by atoms with Crippen molar-refractivity contribution in [3.8, 4) is 0 Å². The van der Waals surface area contributed by atoms with Gasteiger partial charge in [-0.05, 0) is 30.5 Å². The van der Waals surface area contributed by atoms with E-state index in [1.54, 1.807) is 40.9 Å². The number of ether oxygens (including phenoxy) is 1. The summed E-state index contributed by atoms with van der Waals surface area (Å²) in [7, 11) is 0. The number of rotatable bonds is 7. The second-order valence-electron chi connectivity index (χ2n) is 7.83. The zero-order chi connectivity index (χ0) is 21.6. The fourth-order valence-corrected chi connectivity index (χ4v) is 5.12. The number of likely N-dealkylation sites (tertiary alicyclic amines) is 1. The first kappa shape index (κ1) is 21.6. The van der Waals surface area contributed by atoms with E-state index in [0.717, 1.165) is 24.2 Å². The maximum Gasteiger partial charge on any atom is 0.251 e. The highest BCUT2D eigenvalue weighted by atomic mass is 32.2. The third-order valence-electron chi connectivity index (χ3n) is 5.66. The fourth-order valence-electron chi connectivity index (χ4n) is 4.11. The van der Waals surface area contributed by atoms with Crippen molar-refractivity contribution in [2.24, 2.45) is 0 Å². The quantitative estimate of drug-likeness (QED) is 0.719. The van der Waals surface area contributed by atoms with Crippen molar-refractivity contribution in [3.63, 3.8) is 0 Å². The summed E-state index contributed by atoms with van der Waals surface area (Å²) in [6, 6.07) is 17.6. The standard InChI is InChI=1S/C24H26N2O4S/c27-20-14-30-21-12-7-13-26(22(20)21)24(29)19(16-31-15-17-8-3-1-4-9-17)25-23(28)18-10-5-2-6-11-18/h1-6,8-11,19,21-22H,7,12-16H2,(H,25,28)/t19-,21?,22?/m0/s1. The summed E-state index contributed by atoms with van der Waals surface area (Å²) in [5.74, 6) is 0.609. The minimum atomic E-state index is -0.714. The third kappa shape index (κ3) is 5.17. The van der Waals surface area contributed by atoms with Crippen LogP contribution in [0, 0.1) is 0 Å². The van der Waals surface area contributed by atoms with Crippen LogP contribution < -0.4 is 5.32 Å². The molecule has 2 heterocycles. The molecule has 2 saturated heterocycles. The van der Waals surface area contributed by atoms with Gasteiger partial charge in [-0.2, -0.15) is 11.8 Å². The minimum Gasteiger partial charge on any atom is -0.368 e. The number of thioether (sulfide) groups is 1.